The summed E-state index contributed by atoms with van der Waals surface area (Å²) < 4.78 is 6.47. The lowest BCUT2D eigenvalue weighted by Gasteiger charge is -2.04. The number of aryl methyl sites for hydroxylation is 1. The van der Waals surface area contributed by atoms with Crippen molar-refractivity contribution in [3.8, 4) is 0 Å². The van der Waals surface area contributed by atoms with Gasteiger partial charge in [0.1, 0.15) is 0 Å². The van der Waals surface area contributed by atoms with Crippen LogP contribution in [0.15, 0.2) is 27.1 Å². The van der Waals surface area contributed by atoms with E-state index in [9.17, 15) is 0 Å². The van der Waals surface area contributed by atoms with Gasteiger partial charge in [0.25, 0.3) is 0 Å². The second kappa shape index (κ2) is 6.68. The molecule has 2 rings (SSSR count). The van der Waals surface area contributed by atoms with Gasteiger partial charge in [-0.25, -0.2) is 0 Å². The van der Waals surface area contributed by atoms with Crippen LogP contribution in [0.3, 0.4) is 0 Å². The van der Waals surface area contributed by atoms with E-state index in [1.54, 1.807) is 0 Å². The third-order valence-corrected chi connectivity index (χ3v) is 3.19. The fourth-order valence-corrected chi connectivity index (χ4v) is 2.18. The predicted molar refractivity (Wildman–Crippen MR) is 78.5 cm³/mol. The minimum atomic E-state index is 0.401. The van der Waals surface area contributed by atoms with Crippen LogP contribution in [-0.2, 0) is 6.54 Å². The zero-order chi connectivity index (χ0) is 13.7. The maximum atomic E-state index is 5.50. The van der Waals surface area contributed by atoms with Gasteiger partial charge in [0, 0.05) is 4.47 Å². The maximum Gasteiger partial charge on any atom is 0.320 e. The van der Waals surface area contributed by atoms with Gasteiger partial charge >= 0.3 is 6.01 Å². The Labute approximate surface area is 120 Å². The summed E-state index contributed by atoms with van der Waals surface area (Å²) in [7, 11) is 0. The van der Waals surface area contributed by atoms with Crippen LogP contribution in [-0.4, -0.2) is 16.7 Å². The van der Waals surface area contributed by atoms with Crippen LogP contribution < -0.4 is 10.6 Å². The van der Waals surface area contributed by atoms with Gasteiger partial charge in [-0.2, -0.15) is 0 Å². The Morgan fingerprint density at radius 2 is 2.16 bits per heavy atom. The highest BCUT2D eigenvalue weighted by Gasteiger charge is 2.07. The highest BCUT2D eigenvalue weighted by atomic mass is 79.9. The molecule has 102 valence electrons. The zero-order valence-electron chi connectivity index (χ0n) is 11.0. The van der Waals surface area contributed by atoms with Crippen LogP contribution in [0.5, 0.6) is 0 Å². The smallest absolute Gasteiger partial charge is 0.320 e. The average Bonchev–Trinajstić information content (AvgIpc) is 2.81. The molecule has 0 fully saturated rings. The van der Waals surface area contributed by atoms with Crippen molar-refractivity contribution in [2.45, 2.75) is 26.8 Å². The van der Waals surface area contributed by atoms with Gasteiger partial charge in [-0.3, -0.25) is 0 Å². The van der Waals surface area contributed by atoms with E-state index in [-0.39, 0.29) is 0 Å². The van der Waals surface area contributed by atoms with Crippen molar-refractivity contribution in [3.63, 3.8) is 0 Å². The van der Waals surface area contributed by atoms with Crippen LogP contribution in [0.1, 0.15) is 24.8 Å². The molecule has 0 radical (unpaired) electrons. The molecular formula is C13H17BrN4O. The quantitative estimate of drug-likeness (QED) is 0.797. The number of hydrogen-bond donors (Lipinski definition) is 2. The molecule has 0 amide bonds. The number of aromatic nitrogens is 2. The number of hydrogen-bond acceptors (Lipinski definition) is 5. The molecule has 1 aromatic heterocycles. The van der Waals surface area contributed by atoms with E-state index in [1.807, 2.05) is 25.1 Å². The van der Waals surface area contributed by atoms with Crippen molar-refractivity contribution in [3.05, 3.63) is 34.1 Å². The van der Waals surface area contributed by atoms with Crippen LogP contribution in [0.4, 0.5) is 11.7 Å². The largest absolute Gasteiger partial charge is 0.406 e. The van der Waals surface area contributed by atoms with Crippen LogP contribution >= 0.6 is 15.9 Å². The number of anilines is 2. The summed E-state index contributed by atoms with van der Waals surface area (Å²) in [5.74, 6) is 0.583. The first-order chi connectivity index (χ1) is 9.19. The number of rotatable bonds is 6. The number of benzene rings is 1. The van der Waals surface area contributed by atoms with Crippen molar-refractivity contribution >= 4 is 27.6 Å². The molecule has 0 bridgehead atoms. The Balaban J connectivity index is 1.99. The Morgan fingerprint density at radius 3 is 2.89 bits per heavy atom. The van der Waals surface area contributed by atoms with Gasteiger partial charge in [0.2, 0.25) is 5.89 Å². The lowest BCUT2D eigenvalue weighted by molar-refractivity contribution is 0.479. The molecule has 0 aliphatic heterocycles. The minimum absolute atomic E-state index is 0.401. The van der Waals surface area contributed by atoms with Crippen molar-refractivity contribution < 1.29 is 4.42 Å². The van der Waals surface area contributed by atoms with Gasteiger partial charge < -0.3 is 15.1 Å². The summed E-state index contributed by atoms with van der Waals surface area (Å²) in [4.78, 5) is 0. The molecule has 0 atom stereocenters. The van der Waals surface area contributed by atoms with Crippen molar-refractivity contribution in [2.75, 3.05) is 11.9 Å². The normalized spacial score (nSPS) is 10.7. The van der Waals surface area contributed by atoms with Gasteiger partial charge in [-0.15, -0.1) is 5.10 Å². The molecule has 1 aromatic carbocycles. The second-order valence-corrected chi connectivity index (χ2v) is 5.14. The third kappa shape index (κ3) is 4.04. The SMILES string of the molecule is CCCNCc1nnc(Nc2ccc(C)cc2Br)o1. The zero-order valence-corrected chi connectivity index (χ0v) is 12.6. The summed E-state index contributed by atoms with van der Waals surface area (Å²) in [5.41, 5.74) is 2.09. The van der Waals surface area contributed by atoms with Gasteiger partial charge in [0.05, 0.1) is 12.2 Å². The van der Waals surface area contributed by atoms with Crippen LogP contribution in [0.25, 0.3) is 0 Å². The topological polar surface area (TPSA) is 63.0 Å². The Morgan fingerprint density at radius 1 is 1.32 bits per heavy atom. The Bertz CT molecular complexity index is 541. The first-order valence-corrected chi connectivity index (χ1v) is 7.04. The fourth-order valence-electron chi connectivity index (χ4n) is 1.58. The summed E-state index contributed by atoms with van der Waals surface area (Å²) in [5, 5.41) is 14.2. The molecule has 2 N–H and O–H groups in total. The van der Waals surface area contributed by atoms with Crippen molar-refractivity contribution in [1.29, 1.82) is 0 Å². The molecule has 0 saturated heterocycles. The van der Waals surface area contributed by atoms with E-state index in [1.165, 1.54) is 5.56 Å². The van der Waals surface area contributed by atoms with Crippen molar-refractivity contribution in [1.82, 2.24) is 15.5 Å². The Hall–Kier alpha value is -1.40. The molecule has 0 aliphatic rings. The molecule has 0 spiro atoms. The average molecular weight is 325 g/mol. The lowest BCUT2D eigenvalue weighted by Crippen LogP contribution is -2.13. The molecule has 0 saturated carbocycles. The van der Waals surface area contributed by atoms with Crippen LogP contribution in [0.2, 0.25) is 0 Å². The van der Waals surface area contributed by atoms with Gasteiger partial charge in [-0.05, 0) is 53.5 Å². The highest BCUT2D eigenvalue weighted by molar-refractivity contribution is 9.10. The molecule has 6 heteroatoms. The third-order valence-electron chi connectivity index (χ3n) is 2.54. The molecule has 0 unspecified atom stereocenters. The molecule has 1 heterocycles. The molecule has 0 aliphatic carbocycles. The van der Waals surface area contributed by atoms with Gasteiger partial charge in [-0.1, -0.05) is 18.1 Å². The van der Waals surface area contributed by atoms with E-state index < -0.39 is 0 Å². The molecule has 5 nitrogen and oxygen atoms in total. The number of halogens is 1. The van der Waals surface area contributed by atoms with E-state index >= 15 is 0 Å². The minimum Gasteiger partial charge on any atom is -0.406 e. The molecular weight excluding hydrogens is 308 g/mol. The summed E-state index contributed by atoms with van der Waals surface area (Å²) in [6.07, 6.45) is 1.08. The van der Waals surface area contributed by atoms with E-state index in [0.29, 0.717) is 18.5 Å². The van der Waals surface area contributed by atoms with Gasteiger partial charge in [0.15, 0.2) is 0 Å². The lowest BCUT2D eigenvalue weighted by atomic mass is 10.2. The Kier molecular flexibility index (Phi) is 4.93. The predicted octanol–water partition coefficient (Wildman–Crippen LogP) is 3.38. The standard InChI is InChI=1S/C13H17BrN4O/c1-3-6-15-8-12-17-18-13(19-12)16-11-5-4-9(2)7-10(11)14/h4-5,7,15H,3,6,8H2,1-2H3,(H,16,18). The number of nitrogens with one attached hydrogen (secondary N) is 2. The molecule has 19 heavy (non-hydrogen) atoms. The van der Waals surface area contributed by atoms with E-state index in [2.05, 4.69) is 43.7 Å². The summed E-state index contributed by atoms with van der Waals surface area (Å²) >= 11 is 3.50. The van der Waals surface area contributed by atoms with E-state index in [4.69, 9.17) is 4.42 Å². The number of nitrogens with zero attached hydrogens (tertiary/aromatic N) is 2. The second-order valence-electron chi connectivity index (χ2n) is 4.29. The summed E-state index contributed by atoms with van der Waals surface area (Å²) in [6, 6.07) is 6.42. The monoisotopic (exact) mass is 324 g/mol. The molecule has 2 aromatic rings. The van der Waals surface area contributed by atoms with E-state index in [0.717, 1.165) is 23.1 Å². The highest BCUT2D eigenvalue weighted by Crippen LogP contribution is 2.26. The fraction of sp³-hybridized carbons (Fsp3) is 0.385. The van der Waals surface area contributed by atoms with Crippen molar-refractivity contribution in [2.24, 2.45) is 0 Å². The summed E-state index contributed by atoms with van der Waals surface area (Å²) in [6.45, 7) is 5.69. The maximum absolute atomic E-state index is 5.50. The van der Waals surface area contributed by atoms with Crippen LogP contribution in [0, 0.1) is 6.92 Å². The first-order valence-electron chi connectivity index (χ1n) is 6.25. The first kappa shape index (κ1) is 14.0.